The molecular formula is C43H34SSi. The fourth-order valence-electron chi connectivity index (χ4n) is 6.44. The molecule has 0 radical (unpaired) electrons. The van der Waals surface area contributed by atoms with E-state index in [0.717, 1.165) is 0 Å². The zero-order valence-corrected chi connectivity index (χ0v) is 27.7. The van der Waals surface area contributed by atoms with Crippen molar-refractivity contribution in [1.82, 2.24) is 0 Å². The molecule has 0 spiro atoms. The summed E-state index contributed by atoms with van der Waals surface area (Å²) < 4.78 is 2.70. The van der Waals surface area contributed by atoms with Gasteiger partial charge in [-0.3, -0.25) is 0 Å². The monoisotopic (exact) mass is 610 g/mol. The third kappa shape index (κ3) is 5.21. The first-order chi connectivity index (χ1) is 21.9. The van der Waals surface area contributed by atoms with Gasteiger partial charge in [-0.05, 0) is 73.5 Å². The molecule has 45 heavy (non-hydrogen) atoms. The minimum Gasteiger partial charge on any atom is -0.135 e. The lowest BCUT2D eigenvalue weighted by Crippen LogP contribution is -2.37. The molecule has 0 fully saturated rings. The van der Waals surface area contributed by atoms with Crippen LogP contribution in [0.5, 0.6) is 0 Å². The molecule has 1 heterocycles. The number of hydrogen-bond donors (Lipinski definition) is 0. The van der Waals surface area contributed by atoms with E-state index in [-0.39, 0.29) is 0 Å². The van der Waals surface area contributed by atoms with Crippen molar-refractivity contribution < 1.29 is 0 Å². The molecule has 0 atom stereocenters. The average molecular weight is 611 g/mol. The smallest absolute Gasteiger partial charge is 0.0775 e. The quantitative estimate of drug-likeness (QED) is 0.170. The Morgan fingerprint density at radius 1 is 0.400 bits per heavy atom. The van der Waals surface area contributed by atoms with Gasteiger partial charge in [-0.25, -0.2) is 0 Å². The third-order valence-corrected chi connectivity index (χ3v) is 12.4. The topological polar surface area (TPSA) is 0 Å². The first-order valence-electron chi connectivity index (χ1n) is 15.7. The van der Waals surface area contributed by atoms with Crippen molar-refractivity contribution in [2.24, 2.45) is 0 Å². The third-order valence-electron chi connectivity index (χ3n) is 9.08. The fourth-order valence-corrected chi connectivity index (χ4v) is 8.85. The van der Waals surface area contributed by atoms with Crippen LogP contribution >= 0.6 is 11.3 Å². The number of fused-ring (bicyclic) bond motifs is 4. The van der Waals surface area contributed by atoms with E-state index in [1.54, 1.807) is 0 Å². The lowest BCUT2D eigenvalue weighted by atomic mass is 9.95. The molecule has 0 saturated heterocycles. The number of rotatable bonds is 5. The van der Waals surface area contributed by atoms with Crippen LogP contribution in [0.3, 0.4) is 0 Å². The van der Waals surface area contributed by atoms with E-state index in [2.05, 4.69) is 171 Å². The maximum Gasteiger partial charge on any atom is 0.0775 e. The lowest BCUT2D eigenvalue weighted by Gasteiger charge is -2.16. The Morgan fingerprint density at radius 3 is 1.49 bits per heavy atom. The normalized spacial score (nSPS) is 11.9. The molecule has 0 amide bonds. The van der Waals surface area contributed by atoms with Crippen LogP contribution < -0.4 is 5.19 Å². The van der Waals surface area contributed by atoms with E-state index in [4.69, 9.17) is 0 Å². The van der Waals surface area contributed by atoms with Crippen LogP contribution in [0.2, 0.25) is 19.6 Å². The summed E-state index contributed by atoms with van der Waals surface area (Å²) in [5.41, 5.74) is 10.1. The van der Waals surface area contributed by atoms with Crippen LogP contribution in [0, 0.1) is 0 Å². The van der Waals surface area contributed by atoms with Gasteiger partial charge >= 0.3 is 0 Å². The minimum atomic E-state index is -1.29. The average Bonchev–Trinajstić information content (AvgIpc) is 3.47. The molecule has 0 saturated carbocycles. The predicted molar refractivity (Wildman–Crippen MR) is 202 cm³/mol. The van der Waals surface area contributed by atoms with Gasteiger partial charge in [0.05, 0.1) is 8.07 Å². The highest BCUT2D eigenvalue weighted by molar-refractivity contribution is 7.26. The molecule has 0 aliphatic rings. The molecular weight excluding hydrogens is 577 g/mol. The van der Waals surface area contributed by atoms with Gasteiger partial charge in [0, 0.05) is 20.2 Å². The summed E-state index contributed by atoms with van der Waals surface area (Å²) in [6, 6.07) is 56.3. The van der Waals surface area contributed by atoms with Crippen LogP contribution in [0.4, 0.5) is 0 Å². The van der Waals surface area contributed by atoms with E-state index in [0.29, 0.717) is 0 Å². The summed E-state index contributed by atoms with van der Waals surface area (Å²) in [5.74, 6) is 0. The van der Waals surface area contributed by atoms with Crippen molar-refractivity contribution >= 4 is 55.5 Å². The second-order valence-electron chi connectivity index (χ2n) is 13.0. The predicted octanol–water partition coefficient (Wildman–Crippen LogP) is 12.4. The van der Waals surface area contributed by atoms with Crippen molar-refractivity contribution in [3.8, 4) is 44.5 Å². The molecule has 216 valence electrons. The number of hydrogen-bond acceptors (Lipinski definition) is 1. The largest absolute Gasteiger partial charge is 0.135 e. The van der Waals surface area contributed by atoms with Crippen molar-refractivity contribution in [2.45, 2.75) is 19.6 Å². The second-order valence-corrected chi connectivity index (χ2v) is 19.2. The van der Waals surface area contributed by atoms with E-state index in [9.17, 15) is 0 Å². The summed E-state index contributed by atoms with van der Waals surface area (Å²) in [6.07, 6.45) is 0. The Balaban J connectivity index is 1.07. The highest BCUT2D eigenvalue weighted by Gasteiger charge is 2.16. The Morgan fingerprint density at radius 2 is 0.889 bits per heavy atom. The Kier molecular flexibility index (Phi) is 6.78. The Hall–Kier alpha value is -4.76. The van der Waals surface area contributed by atoms with E-state index < -0.39 is 8.07 Å². The molecule has 8 rings (SSSR count). The van der Waals surface area contributed by atoms with Crippen molar-refractivity contribution in [3.05, 3.63) is 152 Å². The molecule has 7 aromatic carbocycles. The zero-order valence-electron chi connectivity index (χ0n) is 25.8. The van der Waals surface area contributed by atoms with Gasteiger partial charge in [-0.2, -0.15) is 0 Å². The van der Waals surface area contributed by atoms with Crippen molar-refractivity contribution in [3.63, 3.8) is 0 Å². The van der Waals surface area contributed by atoms with E-state index in [1.807, 2.05) is 11.3 Å². The Bertz CT molecular complexity index is 2320. The Labute approximate surface area is 270 Å². The van der Waals surface area contributed by atoms with E-state index in [1.165, 1.54) is 80.6 Å². The molecule has 0 unspecified atom stereocenters. The van der Waals surface area contributed by atoms with Gasteiger partial charge in [0.15, 0.2) is 0 Å². The van der Waals surface area contributed by atoms with Gasteiger partial charge in [0.2, 0.25) is 0 Å². The lowest BCUT2D eigenvalue weighted by molar-refractivity contribution is 1.60. The van der Waals surface area contributed by atoms with Crippen LogP contribution in [-0.4, -0.2) is 8.07 Å². The molecule has 0 nitrogen and oxygen atoms in total. The summed E-state index contributed by atoms with van der Waals surface area (Å²) in [4.78, 5) is 0. The van der Waals surface area contributed by atoms with Crippen LogP contribution in [-0.2, 0) is 0 Å². The van der Waals surface area contributed by atoms with Gasteiger partial charge in [0.25, 0.3) is 0 Å². The van der Waals surface area contributed by atoms with Gasteiger partial charge in [0.1, 0.15) is 0 Å². The first kappa shape index (κ1) is 27.8. The molecule has 8 aromatic rings. The molecule has 0 bridgehead atoms. The van der Waals surface area contributed by atoms with Crippen molar-refractivity contribution in [2.75, 3.05) is 0 Å². The summed E-state index contributed by atoms with van der Waals surface area (Å²) in [6.45, 7) is 7.19. The molecule has 0 aliphatic carbocycles. The molecule has 0 aliphatic heterocycles. The maximum absolute atomic E-state index is 2.40. The van der Waals surface area contributed by atoms with Crippen LogP contribution in [0.25, 0.3) is 75.5 Å². The number of thiophene rings is 1. The molecule has 2 heteroatoms. The van der Waals surface area contributed by atoms with Crippen LogP contribution in [0.1, 0.15) is 0 Å². The molecule has 1 aromatic heterocycles. The maximum atomic E-state index is 2.40. The second kappa shape index (κ2) is 11.0. The van der Waals surface area contributed by atoms with Crippen LogP contribution in [0.15, 0.2) is 152 Å². The summed E-state index contributed by atoms with van der Waals surface area (Å²) >= 11 is 1.89. The fraction of sp³-hybridized carbons (Fsp3) is 0.0698. The SMILES string of the molecule is C[Si](C)(C)c1ccc(-c2ccc(-c3ccc4ccc(-c5ccc(-c6cccc7c6sc6ccccc67)cc5)cc4c3)cc2)cc1. The minimum absolute atomic E-state index is 1.24. The summed E-state index contributed by atoms with van der Waals surface area (Å²) in [7, 11) is -1.29. The standard InChI is InChI=1S/C43H34SSi/c1-45(2,3)38-25-23-30(24-26-38)29-11-13-31(14-12-29)35-21-17-33-18-22-36(28-37(33)27-35)32-15-19-34(20-16-32)39-8-6-9-41-40-7-4-5-10-42(40)44-43(39)41/h4-28H,1-3H3. The number of benzene rings is 7. The first-order valence-corrected chi connectivity index (χ1v) is 20.0. The van der Waals surface area contributed by atoms with Crippen molar-refractivity contribution in [1.29, 1.82) is 0 Å². The molecule has 0 N–H and O–H groups in total. The van der Waals surface area contributed by atoms with Gasteiger partial charge in [-0.15, -0.1) is 11.3 Å². The highest BCUT2D eigenvalue weighted by atomic mass is 32.1. The van der Waals surface area contributed by atoms with Gasteiger partial charge in [-0.1, -0.05) is 158 Å². The van der Waals surface area contributed by atoms with E-state index >= 15 is 0 Å². The summed E-state index contributed by atoms with van der Waals surface area (Å²) in [5, 5.41) is 6.70. The van der Waals surface area contributed by atoms with Gasteiger partial charge < -0.3 is 0 Å². The zero-order chi connectivity index (χ0) is 30.5. The highest BCUT2D eigenvalue weighted by Crippen LogP contribution is 2.40.